The number of fused-ring (bicyclic) bond motifs is 1. The molecule has 1 aromatic heterocycles. The molecule has 1 heteroatoms. The first-order chi connectivity index (χ1) is 5.61. The first-order valence-electron chi connectivity index (χ1n) is 4.71. The molecule has 0 atom stereocenters. The molecule has 2 rings (SSSR count). The molecule has 0 radical (unpaired) electrons. The zero-order chi connectivity index (χ0) is 8.77. The normalized spacial score (nSPS) is 19.6. The van der Waals surface area contributed by atoms with Crippen LogP contribution in [-0.4, -0.2) is 0 Å². The van der Waals surface area contributed by atoms with Gasteiger partial charge in [-0.3, -0.25) is 0 Å². The fourth-order valence-electron chi connectivity index (χ4n) is 2.01. The molecule has 1 aromatic rings. The predicted molar refractivity (Wildman–Crippen MR) is 54.9 cm³/mol. The number of thiophene rings is 1. The Morgan fingerprint density at radius 3 is 2.75 bits per heavy atom. The van der Waals surface area contributed by atoms with Crippen LogP contribution < -0.4 is 0 Å². The van der Waals surface area contributed by atoms with Crippen LogP contribution in [-0.2, 0) is 19.3 Å². The van der Waals surface area contributed by atoms with Crippen LogP contribution in [0, 0.1) is 5.41 Å². The average Bonchev–Trinajstić information content (AvgIpc) is 2.40. The predicted octanol–water partition coefficient (Wildman–Crippen LogP) is 3.44. The maximum Gasteiger partial charge on any atom is 0.00858 e. The first kappa shape index (κ1) is 8.31. The van der Waals surface area contributed by atoms with Crippen LogP contribution in [0.5, 0.6) is 0 Å². The molecule has 1 aliphatic carbocycles. The van der Waals surface area contributed by atoms with Crippen molar-refractivity contribution in [3.05, 3.63) is 21.4 Å². The van der Waals surface area contributed by atoms with E-state index >= 15 is 0 Å². The molecule has 0 nitrogen and oxygen atoms in total. The fraction of sp³-hybridized carbons (Fsp3) is 0.636. The van der Waals surface area contributed by atoms with Gasteiger partial charge in [0, 0.05) is 9.75 Å². The number of hydrogen-bond acceptors (Lipinski definition) is 1. The van der Waals surface area contributed by atoms with Gasteiger partial charge in [-0.1, -0.05) is 20.8 Å². The highest BCUT2D eigenvalue weighted by Gasteiger charge is 2.29. The van der Waals surface area contributed by atoms with Crippen molar-refractivity contribution in [1.29, 1.82) is 0 Å². The molecule has 1 heterocycles. The second-order valence-electron chi connectivity index (χ2n) is 4.53. The zero-order valence-electron chi connectivity index (χ0n) is 8.11. The Morgan fingerprint density at radius 1 is 1.42 bits per heavy atom. The summed E-state index contributed by atoms with van der Waals surface area (Å²) < 4.78 is 0. The van der Waals surface area contributed by atoms with E-state index in [0.717, 1.165) is 0 Å². The molecule has 0 fully saturated rings. The maximum atomic E-state index is 2.41. The SMILES string of the molecule is CCc1cc2c(s1)CC(C)(C)C2. The van der Waals surface area contributed by atoms with Crippen LogP contribution in [0.15, 0.2) is 6.07 Å². The summed E-state index contributed by atoms with van der Waals surface area (Å²) in [6.45, 7) is 6.98. The summed E-state index contributed by atoms with van der Waals surface area (Å²) in [7, 11) is 0. The molecule has 0 unspecified atom stereocenters. The van der Waals surface area contributed by atoms with E-state index in [1.165, 1.54) is 19.3 Å². The molecule has 66 valence electrons. The average molecular weight is 180 g/mol. The number of rotatable bonds is 1. The summed E-state index contributed by atoms with van der Waals surface area (Å²) in [5.41, 5.74) is 2.16. The second kappa shape index (κ2) is 2.59. The van der Waals surface area contributed by atoms with E-state index in [1.807, 2.05) is 11.3 Å². The highest BCUT2D eigenvalue weighted by Crippen LogP contribution is 2.40. The minimum Gasteiger partial charge on any atom is -0.145 e. The minimum absolute atomic E-state index is 0.535. The van der Waals surface area contributed by atoms with Gasteiger partial charge in [0.2, 0.25) is 0 Å². The third-order valence-electron chi connectivity index (χ3n) is 2.60. The lowest BCUT2D eigenvalue weighted by molar-refractivity contribution is 0.393. The van der Waals surface area contributed by atoms with Crippen molar-refractivity contribution < 1.29 is 0 Å². The van der Waals surface area contributed by atoms with E-state index in [-0.39, 0.29) is 0 Å². The van der Waals surface area contributed by atoms with Crippen LogP contribution >= 0.6 is 11.3 Å². The van der Waals surface area contributed by atoms with Gasteiger partial charge in [-0.2, -0.15) is 0 Å². The number of aryl methyl sites for hydroxylation is 1. The van der Waals surface area contributed by atoms with Crippen molar-refractivity contribution in [2.45, 2.75) is 40.0 Å². The van der Waals surface area contributed by atoms with Gasteiger partial charge in [-0.25, -0.2) is 0 Å². The monoisotopic (exact) mass is 180 g/mol. The van der Waals surface area contributed by atoms with Crippen LogP contribution in [0.4, 0.5) is 0 Å². The molecule has 0 saturated heterocycles. The molecular weight excluding hydrogens is 164 g/mol. The third kappa shape index (κ3) is 1.31. The molecule has 12 heavy (non-hydrogen) atoms. The second-order valence-corrected chi connectivity index (χ2v) is 5.75. The Morgan fingerprint density at radius 2 is 2.17 bits per heavy atom. The molecule has 0 aromatic carbocycles. The lowest BCUT2D eigenvalue weighted by Gasteiger charge is -2.15. The summed E-state index contributed by atoms with van der Waals surface area (Å²) in [5, 5.41) is 0. The lowest BCUT2D eigenvalue weighted by atomic mass is 9.91. The van der Waals surface area contributed by atoms with E-state index in [4.69, 9.17) is 0 Å². The van der Waals surface area contributed by atoms with E-state index < -0.39 is 0 Å². The molecule has 0 spiro atoms. The van der Waals surface area contributed by atoms with Crippen molar-refractivity contribution in [3.63, 3.8) is 0 Å². The van der Waals surface area contributed by atoms with Crippen molar-refractivity contribution in [1.82, 2.24) is 0 Å². The van der Waals surface area contributed by atoms with Gasteiger partial charge in [0.15, 0.2) is 0 Å². The van der Waals surface area contributed by atoms with Crippen molar-refractivity contribution in [3.8, 4) is 0 Å². The van der Waals surface area contributed by atoms with Gasteiger partial charge in [-0.05, 0) is 36.3 Å². The molecular formula is C11H16S. The summed E-state index contributed by atoms with van der Waals surface area (Å²) in [5.74, 6) is 0. The lowest BCUT2D eigenvalue weighted by Crippen LogP contribution is -2.09. The van der Waals surface area contributed by atoms with Crippen LogP contribution in [0.3, 0.4) is 0 Å². The molecule has 0 N–H and O–H groups in total. The van der Waals surface area contributed by atoms with Gasteiger partial charge < -0.3 is 0 Å². The Hall–Kier alpha value is -0.300. The first-order valence-corrected chi connectivity index (χ1v) is 5.53. The topological polar surface area (TPSA) is 0 Å². The van der Waals surface area contributed by atoms with E-state index in [2.05, 4.69) is 26.8 Å². The van der Waals surface area contributed by atoms with Crippen LogP contribution in [0.25, 0.3) is 0 Å². The van der Waals surface area contributed by atoms with Crippen molar-refractivity contribution >= 4 is 11.3 Å². The van der Waals surface area contributed by atoms with E-state index in [9.17, 15) is 0 Å². The van der Waals surface area contributed by atoms with Gasteiger partial charge in [0.25, 0.3) is 0 Å². The van der Waals surface area contributed by atoms with Crippen molar-refractivity contribution in [2.24, 2.45) is 5.41 Å². The summed E-state index contributed by atoms with van der Waals surface area (Å²) in [6.07, 6.45) is 3.80. The Labute approximate surface area is 78.6 Å². The zero-order valence-corrected chi connectivity index (χ0v) is 8.92. The van der Waals surface area contributed by atoms with Crippen LogP contribution in [0.2, 0.25) is 0 Å². The highest BCUT2D eigenvalue weighted by molar-refractivity contribution is 7.12. The quantitative estimate of drug-likeness (QED) is 0.621. The maximum absolute atomic E-state index is 2.41. The molecule has 1 aliphatic rings. The van der Waals surface area contributed by atoms with Crippen molar-refractivity contribution in [2.75, 3.05) is 0 Å². The molecule has 0 amide bonds. The Balaban J connectivity index is 2.30. The summed E-state index contributed by atoms with van der Waals surface area (Å²) in [6, 6.07) is 2.41. The Kier molecular flexibility index (Phi) is 1.80. The molecule has 0 saturated carbocycles. The standard InChI is InChI=1S/C11H16S/c1-4-9-5-8-6-11(2,3)7-10(8)12-9/h5H,4,6-7H2,1-3H3. The fourth-order valence-corrected chi connectivity index (χ4v) is 3.40. The molecule has 0 bridgehead atoms. The van der Waals surface area contributed by atoms with Gasteiger partial charge in [-0.15, -0.1) is 11.3 Å². The van der Waals surface area contributed by atoms with E-state index in [1.54, 1.807) is 15.3 Å². The Bertz CT molecular complexity index is 268. The summed E-state index contributed by atoms with van der Waals surface area (Å²) >= 11 is 2.02. The highest BCUT2D eigenvalue weighted by atomic mass is 32.1. The van der Waals surface area contributed by atoms with E-state index in [0.29, 0.717) is 5.41 Å². The minimum atomic E-state index is 0.535. The molecule has 0 aliphatic heterocycles. The largest absolute Gasteiger partial charge is 0.145 e. The third-order valence-corrected chi connectivity index (χ3v) is 3.93. The van der Waals surface area contributed by atoms with Gasteiger partial charge in [0.1, 0.15) is 0 Å². The van der Waals surface area contributed by atoms with Gasteiger partial charge in [0.05, 0.1) is 0 Å². The van der Waals surface area contributed by atoms with Gasteiger partial charge >= 0.3 is 0 Å². The smallest absolute Gasteiger partial charge is 0.00858 e. The number of hydrogen-bond donors (Lipinski definition) is 0. The van der Waals surface area contributed by atoms with Crippen LogP contribution in [0.1, 0.15) is 36.1 Å². The summed E-state index contributed by atoms with van der Waals surface area (Å²) in [4.78, 5) is 3.22.